The number of benzene rings is 1. The van der Waals surface area contributed by atoms with E-state index < -0.39 is 0 Å². The van der Waals surface area contributed by atoms with E-state index in [1.807, 2.05) is 24.3 Å². The van der Waals surface area contributed by atoms with Crippen LogP contribution in [0.4, 0.5) is 0 Å². The van der Waals surface area contributed by atoms with E-state index in [4.69, 9.17) is 17.0 Å². The van der Waals surface area contributed by atoms with Crippen molar-refractivity contribution in [1.82, 2.24) is 4.90 Å². The zero-order valence-corrected chi connectivity index (χ0v) is 9.95. The monoisotopic (exact) mass is 233 g/mol. The summed E-state index contributed by atoms with van der Waals surface area (Å²) in [6.45, 7) is 3.46. The van der Waals surface area contributed by atoms with E-state index >= 15 is 0 Å². The molecule has 0 atom stereocenters. The lowest BCUT2D eigenvalue weighted by Gasteiger charge is -2.31. The summed E-state index contributed by atoms with van der Waals surface area (Å²) < 4.78 is 5.36. The topological polar surface area (TPSA) is 12.5 Å². The molecule has 16 heavy (non-hydrogen) atoms. The standard InChI is InChI=1S/C13H15NOS/c16-11-6-13(12-4-2-1-3-5-12)14-7-9-15-10-8-14/h1-6,11H,7-10H2/b13-6-. The van der Waals surface area contributed by atoms with Crippen LogP contribution in [0.1, 0.15) is 5.56 Å². The third kappa shape index (κ3) is 2.68. The average Bonchev–Trinajstić information content (AvgIpc) is 2.38. The molecule has 2 rings (SSSR count). The summed E-state index contributed by atoms with van der Waals surface area (Å²) >= 11 is 4.94. The molecule has 0 saturated carbocycles. The molecular formula is C13H15NOS. The first-order chi connectivity index (χ1) is 7.92. The number of thiocarbonyl (C=S) groups is 1. The van der Waals surface area contributed by atoms with Crippen LogP contribution in [0, 0.1) is 0 Å². The van der Waals surface area contributed by atoms with Gasteiger partial charge < -0.3 is 9.64 Å². The first-order valence-corrected chi connectivity index (χ1v) is 5.92. The number of allylic oxidation sites excluding steroid dienone is 1. The maximum Gasteiger partial charge on any atom is 0.0642 e. The smallest absolute Gasteiger partial charge is 0.0642 e. The Morgan fingerprint density at radius 1 is 1.19 bits per heavy atom. The minimum absolute atomic E-state index is 0.793. The molecule has 0 amide bonds. The van der Waals surface area contributed by atoms with Crippen molar-refractivity contribution in [1.29, 1.82) is 0 Å². The van der Waals surface area contributed by atoms with Gasteiger partial charge in [-0.2, -0.15) is 0 Å². The maximum absolute atomic E-state index is 5.36. The molecule has 1 aliphatic rings. The summed E-state index contributed by atoms with van der Waals surface area (Å²) in [4.78, 5) is 2.32. The number of hydrogen-bond donors (Lipinski definition) is 0. The van der Waals surface area contributed by atoms with Gasteiger partial charge in [-0.25, -0.2) is 0 Å². The Labute approximate surface area is 102 Å². The van der Waals surface area contributed by atoms with E-state index in [1.54, 1.807) is 5.37 Å². The van der Waals surface area contributed by atoms with Crippen molar-refractivity contribution in [2.75, 3.05) is 26.3 Å². The van der Waals surface area contributed by atoms with Crippen LogP contribution in [-0.2, 0) is 4.74 Å². The van der Waals surface area contributed by atoms with Crippen LogP contribution in [0.3, 0.4) is 0 Å². The predicted molar refractivity (Wildman–Crippen MR) is 70.5 cm³/mol. The number of ether oxygens (including phenoxy) is 1. The second-order valence-electron chi connectivity index (χ2n) is 3.65. The summed E-state index contributed by atoms with van der Waals surface area (Å²) in [5, 5.41) is 1.68. The van der Waals surface area contributed by atoms with E-state index in [9.17, 15) is 0 Å². The molecule has 1 saturated heterocycles. The summed E-state index contributed by atoms with van der Waals surface area (Å²) in [5.74, 6) is 0. The van der Waals surface area contributed by atoms with Crippen LogP contribution in [0.15, 0.2) is 36.4 Å². The van der Waals surface area contributed by atoms with Crippen molar-refractivity contribution >= 4 is 23.3 Å². The highest BCUT2D eigenvalue weighted by Crippen LogP contribution is 2.19. The predicted octanol–water partition coefficient (Wildman–Crippen LogP) is 2.36. The molecule has 0 aromatic heterocycles. The van der Waals surface area contributed by atoms with Crippen LogP contribution < -0.4 is 0 Å². The average molecular weight is 233 g/mol. The zero-order chi connectivity index (χ0) is 11.2. The molecule has 1 aromatic rings. The van der Waals surface area contributed by atoms with Crippen molar-refractivity contribution in [3.05, 3.63) is 42.0 Å². The van der Waals surface area contributed by atoms with Crippen LogP contribution in [0.2, 0.25) is 0 Å². The fourth-order valence-electron chi connectivity index (χ4n) is 1.86. The molecule has 1 aromatic carbocycles. The van der Waals surface area contributed by atoms with Crippen molar-refractivity contribution < 1.29 is 4.74 Å². The van der Waals surface area contributed by atoms with Gasteiger partial charge >= 0.3 is 0 Å². The normalized spacial score (nSPS) is 17.2. The van der Waals surface area contributed by atoms with Gasteiger partial charge in [0.25, 0.3) is 0 Å². The fourth-order valence-corrected chi connectivity index (χ4v) is 1.99. The van der Waals surface area contributed by atoms with Gasteiger partial charge in [0.2, 0.25) is 0 Å². The van der Waals surface area contributed by atoms with E-state index in [2.05, 4.69) is 17.0 Å². The van der Waals surface area contributed by atoms with Gasteiger partial charge in [-0.1, -0.05) is 42.5 Å². The molecule has 1 aliphatic heterocycles. The quantitative estimate of drug-likeness (QED) is 0.587. The lowest BCUT2D eigenvalue weighted by Crippen LogP contribution is -2.35. The molecule has 1 heterocycles. The number of nitrogens with zero attached hydrogens (tertiary/aromatic N) is 1. The number of morpholine rings is 1. The minimum atomic E-state index is 0.793. The third-order valence-electron chi connectivity index (χ3n) is 2.65. The Morgan fingerprint density at radius 2 is 1.88 bits per heavy atom. The molecule has 0 N–H and O–H groups in total. The third-order valence-corrected chi connectivity index (χ3v) is 2.78. The molecule has 84 valence electrons. The zero-order valence-electron chi connectivity index (χ0n) is 9.13. The second kappa shape index (κ2) is 5.77. The Hall–Kier alpha value is -1.19. The summed E-state index contributed by atoms with van der Waals surface area (Å²) in [7, 11) is 0. The highest BCUT2D eigenvalue weighted by Gasteiger charge is 2.14. The van der Waals surface area contributed by atoms with Gasteiger partial charge in [-0.3, -0.25) is 0 Å². The highest BCUT2D eigenvalue weighted by atomic mass is 32.1. The molecule has 1 fully saturated rings. The van der Waals surface area contributed by atoms with E-state index in [1.165, 1.54) is 11.3 Å². The van der Waals surface area contributed by atoms with Crippen molar-refractivity contribution in [2.24, 2.45) is 0 Å². The molecule has 0 unspecified atom stereocenters. The molecule has 3 heteroatoms. The second-order valence-corrected chi connectivity index (χ2v) is 3.93. The van der Waals surface area contributed by atoms with Crippen LogP contribution in [0.25, 0.3) is 5.70 Å². The fraction of sp³-hybridized carbons (Fsp3) is 0.308. The Bertz CT molecular complexity index is 369. The van der Waals surface area contributed by atoms with Gasteiger partial charge in [0.05, 0.1) is 13.2 Å². The number of rotatable bonds is 3. The first-order valence-electron chi connectivity index (χ1n) is 5.45. The summed E-state index contributed by atoms with van der Waals surface area (Å²) in [5.41, 5.74) is 2.41. The lowest BCUT2D eigenvalue weighted by molar-refractivity contribution is 0.0640. The van der Waals surface area contributed by atoms with E-state index in [0.29, 0.717) is 0 Å². The van der Waals surface area contributed by atoms with Gasteiger partial charge in [0.15, 0.2) is 0 Å². The molecule has 0 spiro atoms. The minimum Gasteiger partial charge on any atom is -0.378 e. The molecule has 2 nitrogen and oxygen atoms in total. The van der Waals surface area contributed by atoms with E-state index in [-0.39, 0.29) is 0 Å². The lowest BCUT2D eigenvalue weighted by atomic mass is 10.1. The van der Waals surface area contributed by atoms with Crippen molar-refractivity contribution in [3.8, 4) is 0 Å². The van der Waals surface area contributed by atoms with Gasteiger partial charge in [-0.05, 0) is 11.6 Å². The first kappa shape index (κ1) is 11.3. The Balaban J connectivity index is 2.23. The van der Waals surface area contributed by atoms with Gasteiger partial charge in [-0.15, -0.1) is 0 Å². The maximum atomic E-state index is 5.36. The molecule has 0 bridgehead atoms. The Kier molecular flexibility index (Phi) is 4.08. The molecular weight excluding hydrogens is 218 g/mol. The number of hydrogen-bond acceptors (Lipinski definition) is 3. The molecule has 0 radical (unpaired) electrons. The SMILES string of the molecule is S=C/C=C(/c1ccccc1)N1CCOCC1. The van der Waals surface area contributed by atoms with Crippen molar-refractivity contribution in [2.45, 2.75) is 0 Å². The van der Waals surface area contributed by atoms with Gasteiger partial charge in [0.1, 0.15) is 0 Å². The summed E-state index contributed by atoms with van der Waals surface area (Å²) in [6, 6.07) is 10.3. The Morgan fingerprint density at radius 3 is 2.50 bits per heavy atom. The van der Waals surface area contributed by atoms with Gasteiger partial charge in [0, 0.05) is 24.2 Å². The van der Waals surface area contributed by atoms with Crippen LogP contribution in [-0.4, -0.2) is 36.6 Å². The van der Waals surface area contributed by atoms with Crippen LogP contribution in [0.5, 0.6) is 0 Å². The highest BCUT2D eigenvalue weighted by molar-refractivity contribution is 7.79. The van der Waals surface area contributed by atoms with E-state index in [0.717, 1.165) is 26.3 Å². The largest absolute Gasteiger partial charge is 0.378 e. The molecule has 0 aliphatic carbocycles. The van der Waals surface area contributed by atoms with Crippen molar-refractivity contribution in [3.63, 3.8) is 0 Å². The van der Waals surface area contributed by atoms with Crippen LogP contribution >= 0.6 is 12.2 Å². The summed E-state index contributed by atoms with van der Waals surface area (Å²) in [6.07, 6.45) is 2.00.